The number of hydrogen-bond donors (Lipinski definition) is 5. The van der Waals surface area contributed by atoms with E-state index in [1.165, 1.54) is 0 Å². The minimum absolute atomic E-state index is 0. The first-order chi connectivity index (χ1) is 7.02. The molecule has 0 atom stereocenters. The molecule has 1 rings (SSSR count). The predicted octanol–water partition coefficient (Wildman–Crippen LogP) is -0.600. The van der Waals surface area contributed by atoms with Crippen LogP contribution < -0.4 is 46.1 Å². The van der Waals surface area contributed by atoms with Crippen molar-refractivity contribution in [3.8, 4) is 0 Å². The van der Waals surface area contributed by atoms with E-state index in [1.807, 2.05) is 30.3 Å². The van der Waals surface area contributed by atoms with Crippen molar-refractivity contribution in [3.63, 3.8) is 0 Å². The number of hydrazine groups is 1. The van der Waals surface area contributed by atoms with Crippen molar-refractivity contribution in [3.05, 3.63) is 30.3 Å². The van der Waals surface area contributed by atoms with Gasteiger partial charge in [0.05, 0.1) is 5.69 Å². The summed E-state index contributed by atoms with van der Waals surface area (Å²) in [6.45, 7) is 0. The van der Waals surface area contributed by atoms with Gasteiger partial charge in [0.1, 0.15) is 0 Å². The molecule has 0 radical (unpaired) electrons. The van der Waals surface area contributed by atoms with Gasteiger partial charge in [-0.05, 0) is 12.1 Å². The molecule has 1 aromatic carbocycles. The molecule has 92 valence electrons. The third kappa shape index (κ3) is 18.2. The molecule has 0 aliphatic heterocycles. The van der Waals surface area contributed by atoms with Gasteiger partial charge in [-0.1, -0.05) is 50.9 Å². The molecule has 0 heterocycles. The van der Waals surface area contributed by atoms with E-state index in [0.717, 1.165) is 5.69 Å². The Kier molecular flexibility index (Phi) is 17.7. The summed E-state index contributed by atoms with van der Waals surface area (Å²) in [6.07, 6.45) is 0. The number of hydrogen-bond acceptors (Lipinski definition) is 3. The van der Waals surface area contributed by atoms with Gasteiger partial charge in [0.2, 0.25) is 0 Å². The first-order valence-corrected chi connectivity index (χ1v) is 4.70. The van der Waals surface area contributed by atoms with E-state index in [9.17, 15) is 4.79 Å². The number of primary amides is 1. The molecule has 0 aromatic heterocycles. The Morgan fingerprint density at radius 2 is 1.59 bits per heavy atom. The fraction of sp³-hybridized carbons (Fsp3) is 0.111. The third-order valence-electron chi connectivity index (χ3n) is 1.09. The molecule has 0 aliphatic carbocycles. The molecule has 2 amide bonds. The van der Waals surface area contributed by atoms with E-state index >= 15 is 0 Å². The Hall–Kier alpha value is -0.340. The summed E-state index contributed by atoms with van der Waals surface area (Å²) in [7, 11) is 0. The van der Waals surface area contributed by atoms with Gasteiger partial charge in [-0.15, -0.1) is 0 Å². The molecule has 0 fully saturated rings. The second kappa shape index (κ2) is 13.7. The maximum Gasteiger partial charge on any atom is 1.00 e. The van der Waals surface area contributed by atoms with Gasteiger partial charge in [0, 0.05) is 0 Å². The maximum absolute atomic E-state index is 10.3. The number of amides is 2. The minimum atomic E-state index is -0.639. The molecule has 5 nitrogen and oxygen atoms in total. The van der Waals surface area contributed by atoms with Gasteiger partial charge in [-0.25, -0.2) is 0 Å². The average Bonchev–Trinajstić information content (AvgIpc) is 2.15. The van der Waals surface area contributed by atoms with Crippen LogP contribution in [-0.4, -0.2) is 10.5 Å². The largest absolute Gasteiger partial charge is 1.00 e. The number of para-hydroxylation sites is 1. The zero-order chi connectivity index (χ0) is 11.7. The van der Waals surface area contributed by atoms with E-state index in [-0.39, 0.29) is 38.4 Å². The van der Waals surface area contributed by atoms with E-state index in [2.05, 4.69) is 41.8 Å². The fourth-order valence-electron chi connectivity index (χ4n) is 0.647. The summed E-state index contributed by atoms with van der Waals surface area (Å²) in [5, 5.41) is -1.05. The van der Waals surface area contributed by atoms with E-state index in [1.54, 1.807) is 0 Å². The summed E-state index contributed by atoms with van der Waals surface area (Å²) in [4.78, 5) is 19.4. The molecule has 1 aromatic rings. The summed E-state index contributed by atoms with van der Waals surface area (Å²) in [5.41, 5.74) is 10.2. The molecule has 4 N–H and O–H groups in total. The van der Waals surface area contributed by atoms with Gasteiger partial charge < -0.3 is 7.16 Å². The van der Waals surface area contributed by atoms with Gasteiger partial charge in [0.25, 0.3) is 10.5 Å². The zero-order valence-electron chi connectivity index (χ0n) is 9.68. The topological polar surface area (TPSA) is 84.2 Å². The van der Waals surface area contributed by atoms with Crippen molar-refractivity contribution in [2.24, 2.45) is 5.73 Å². The Morgan fingerprint density at radius 1 is 1.18 bits per heavy atom. The fourth-order valence-corrected chi connectivity index (χ4v) is 0.703. The molecule has 8 heteroatoms. The molecule has 0 bridgehead atoms. The van der Waals surface area contributed by atoms with Crippen LogP contribution in [0.4, 0.5) is 15.3 Å². The molecule has 0 spiro atoms. The molecule has 0 aliphatic rings. The molecule has 0 unspecified atom stereocenters. The number of benzene rings is 1. The monoisotopic (exact) mass is 285 g/mol. The number of thiol groups is 2. The van der Waals surface area contributed by atoms with Gasteiger partial charge >= 0.3 is 29.6 Å². The van der Waals surface area contributed by atoms with Gasteiger partial charge in [-0.3, -0.25) is 20.4 Å². The Balaban J connectivity index is -0.000000125. The summed E-state index contributed by atoms with van der Waals surface area (Å²) in [6, 6.07) is 9.31. The third-order valence-corrected chi connectivity index (χ3v) is 1.20. The number of nitrogens with two attached hydrogens (primary N) is 1. The van der Waals surface area contributed by atoms with Crippen molar-refractivity contribution in [2.75, 3.05) is 5.43 Å². The number of nitrogens with one attached hydrogen (secondary N) is 2. The van der Waals surface area contributed by atoms with Crippen LogP contribution in [0.3, 0.4) is 0 Å². The van der Waals surface area contributed by atoms with Crippen LogP contribution >= 0.6 is 25.3 Å². The average molecular weight is 285 g/mol. The van der Waals surface area contributed by atoms with Crippen LogP contribution in [0.15, 0.2) is 30.3 Å². The van der Waals surface area contributed by atoms with Crippen molar-refractivity contribution in [2.45, 2.75) is 7.43 Å². The second-order valence-electron chi connectivity index (χ2n) is 2.26. The standard InChI is InChI=1S/C7H8N2OS.CH3NOS.CH4.Na.H/c10-7(11)9-8-6-4-2-1-3-5-6;2-1(3)4;;;/h1-5,8H,(H2,9,10,11);(H3,2,3,4);1H4;;/q;;;+1;-1. The van der Waals surface area contributed by atoms with Crippen LogP contribution in [0.5, 0.6) is 0 Å². The van der Waals surface area contributed by atoms with E-state index < -0.39 is 10.5 Å². The summed E-state index contributed by atoms with van der Waals surface area (Å²) >= 11 is 6.62. The number of anilines is 1. The first-order valence-electron chi connectivity index (χ1n) is 3.80. The first kappa shape index (κ1) is 21.9. The second-order valence-corrected chi connectivity index (χ2v) is 3.11. The van der Waals surface area contributed by atoms with Crippen molar-refractivity contribution >= 4 is 41.4 Å². The molecular weight excluding hydrogens is 269 g/mol. The molecular formula is C9H16N3NaO2S2. The van der Waals surface area contributed by atoms with Gasteiger partial charge in [-0.2, -0.15) is 0 Å². The molecule has 0 saturated heterocycles. The SMILES string of the molecule is C.NC(=O)S.O=C(S)NNc1ccccc1.[H-].[Na+]. The Morgan fingerprint density at radius 3 is 1.94 bits per heavy atom. The number of carbonyl (C=O) groups is 2. The smallest absolute Gasteiger partial charge is 1.00 e. The van der Waals surface area contributed by atoms with Crippen molar-refractivity contribution in [1.82, 2.24) is 5.43 Å². The number of carbonyl (C=O) groups excluding carboxylic acids is 2. The van der Waals surface area contributed by atoms with Crippen LogP contribution in [0.2, 0.25) is 0 Å². The number of rotatable bonds is 2. The Labute approximate surface area is 135 Å². The maximum atomic E-state index is 10.3. The molecule has 17 heavy (non-hydrogen) atoms. The van der Waals surface area contributed by atoms with Crippen molar-refractivity contribution in [1.29, 1.82) is 0 Å². The quantitative estimate of drug-likeness (QED) is 0.286. The summed E-state index contributed by atoms with van der Waals surface area (Å²) in [5.74, 6) is 0. The van der Waals surface area contributed by atoms with Gasteiger partial charge in [0.15, 0.2) is 0 Å². The minimum Gasteiger partial charge on any atom is -1.00 e. The van der Waals surface area contributed by atoms with Crippen LogP contribution in [0.1, 0.15) is 8.85 Å². The Bertz CT molecular complexity index is 327. The van der Waals surface area contributed by atoms with E-state index in [0.29, 0.717) is 0 Å². The van der Waals surface area contributed by atoms with Crippen LogP contribution in [0, 0.1) is 0 Å². The van der Waals surface area contributed by atoms with E-state index in [4.69, 9.17) is 4.79 Å². The van der Waals surface area contributed by atoms with Crippen LogP contribution in [-0.2, 0) is 0 Å². The molecule has 0 saturated carbocycles. The van der Waals surface area contributed by atoms with Crippen LogP contribution in [0.25, 0.3) is 0 Å². The normalized spacial score (nSPS) is 7.18. The van der Waals surface area contributed by atoms with Crippen molar-refractivity contribution < 1.29 is 40.6 Å². The predicted molar refractivity (Wildman–Crippen MR) is 74.0 cm³/mol. The summed E-state index contributed by atoms with van der Waals surface area (Å²) < 4.78 is 0. The zero-order valence-corrected chi connectivity index (χ0v) is 12.5.